The van der Waals surface area contributed by atoms with E-state index in [9.17, 15) is 35.9 Å². The van der Waals surface area contributed by atoms with Gasteiger partial charge in [-0.1, -0.05) is 17.7 Å². The largest absolute Gasteiger partial charge is 0.481 e. The monoisotopic (exact) mass is 642 g/mol. The number of hydrogen-bond acceptors (Lipinski definition) is 7. The highest BCUT2D eigenvalue weighted by molar-refractivity contribution is 7.90. The molecule has 15 heteroatoms. The molecule has 234 valence electrons. The van der Waals surface area contributed by atoms with Crippen LogP contribution in [0.25, 0.3) is 27.9 Å². The predicted molar refractivity (Wildman–Crippen MR) is 154 cm³/mol. The number of aromatic nitrogens is 5. The highest BCUT2D eigenvalue weighted by Crippen LogP contribution is 2.47. The van der Waals surface area contributed by atoms with Crippen molar-refractivity contribution in [2.24, 2.45) is 17.8 Å². The molecule has 0 unspecified atom stereocenters. The molecular weight excluding hydrogens is 616 g/mol. The molecule has 5 aromatic rings. The number of carboxylic acids is 1. The van der Waals surface area contributed by atoms with Gasteiger partial charge in [-0.15, -0.1) is 5.10 Å². The van der Waals surface area contributed by atoms with E-state index < -0.39 is 45.5 Å². The van der Waals surface area contributed by atoms with E-state index in [1.54, 1.807) is 19.1 Å². The second kappa shape index (κ2) is 10.3. The number of carbonyl (C=O) groups is 1. The van der Waals surface area contributed by atoms with E-state index >= 15 is 0 Å². The van der Waals surface area contributed by atoms with Crippen molar-refractivity contribution >= 4 is 38.4 Å². The second-order valence-corrected chi connectivity index (χ2v) is 13.5. The van der Waals surface area contributed by atoms with Crippen molar-refractivity contribution in [3.05, 3.63) is 71.9 Å². The van der Waals surface area contributed by atoms with E-state index in [-0.39, 0.29) is 50.5 Å². The summed E-state index contributed by atoms with van der Waals surface area (Å²) in [6.45, 7) is 1.80. The van der Waals surface area contributed by atoms with Gasteiger partial charge in [0.25, 0.3) is 10.0 Å². The molecule has 0 saturated heterocycles. The smallest absolute Gasteiger partial charge is 0.417 e. The third kappa shape index (κ3) is 4.89. The minimum absolute atomic E-state index is 0.000144. The summed E-state index contributed by atoms with van der Waals surface area (Å²) < 4.78 is 85.2. The number of hydrogen-bond donors (Lipinski definition) is 2. The first-order valence-electron chi connectivity index (χ1n) is 14.3. The van der Waals surface area contributed by atoms with Crippen LogP contribution in [0.3, 0.4) is 0 Å². The van der Waals surface area contributed by atoms with Crippen LogP contribution in [-0.2, 0) is 21.0 Å². The van der Waals surface area contributed by atoms with E-state index in [1.807, 2.05) is 0 Å². The van der Waals surface area contributed by atoms with Crippen LogP contribution in [0.4, 0.5) is 23.4 Å². The van der Waals surface area contributed by atoms with E-state index in [0.717, 1.165) is 70.5 Å². The SMILES string of the molecule is Cc1ccc(S(=O)(=O)n2cc(-c3nc(N[C@H]4C5CCC(CC5)[C@@H]4C(=O)O)c4cc(C(F)(F)F)cn4n3)c3cc(F)cnc32)cc1. The lowest BCUT2D eigenvalue weighted by Crippen LogP contribution is -2.51. The Morgan fingerprint density at radius 3 is 2.40 bits per heavy atom. The number of halogens is 4. The Balaban J connectivity index is 1.43. The number of aryl methyl sites for hydroxylation is 1. The molecule has 3 saturated carbocycles. The van der Waals surface area contributed by atoms with Crippen LogP contribution in [0.1, 0.15) is 36.8 Å². The Labute approximate surface area is 253 Å². The zero-order valence-corrected chi connectivity index (χ0v) is 24.5. The van der Waals surface area contributed by atoms with Crippen LogP contribution in [0.2, 0.25) is 0 Å². The molecule has 3 aliphatic rings. The molecule has 2 N–H and O–H groups in total. The summed E-state index contributed by atoms with van der Waals surface area (Å²) in [4.78, 5) is 20.8. The minimum Gasteiger partial charge on any atom is -0.481 e. The number of nitrogens with zero attached hydrogens (tertiary/aromatic N) is 5. The van der Waals surface area contributed by atoms with Gasteiger partial charge in [-0.25, -0.2) is 31.3 Å². The number of benzene rings is 1. The highest BCUT2D eigenvalue weighted by atomic mass is 32.2. The third-order valence-corrected chi connectivity index (χ3v) is 10.7. The average Bonchev–Trinajstić information content (AvgIpc) is 3.60. The van der Waals surface area contributed by atoms with Gasteiger partial charge in [0.15, 0.2) is 17.3 Å². The van der Waals surface area contributed by atoms with Gasteiger partial charge in [-0.05, 0) is 68.7 Å². The summed E-state index contributed by atoms with van der Waals surface area (Å²) in [7, 11) is -4.26. The second-order valence-electron chi connectivity index (χ2n) is 11.7. The van der Waals surface area contributed by atoms with Crippen molar-refractivity contribution in [3.63, 3.8) is 0 Å². The number of aliphatic carboxylic acids is 1. The summed E-state index contributed by atoms with van der Waals surface area (Å²) in [5, 5.41) is 17.5. The molecule has 2 bridgehead atoms. The fraction of sp³-hybridized carbons (Fsp3) is 0.333. The Bertz CT molecular complexity index is 2080. The van der Waals surface area contributed by atoms with Gasteiger partial charge in [-0.2, -0.15) is 13.2 Å². The summed E-state index contributed by atoms with van der Waals surface area (Å²) in [5.74, 6) is -2.93. The van der Waals surface area contributed by atoms with Crippen molar-refractivity contribution in [1.29, 1.82) is 0 Å². The van der Waals surface area contributed by atoms with E-state index in [4.69, 9.17) is 0 Å². The van der Waals surface area contributed by atoms with Crippen LogP contribution in [0.5, 0.6) is 0 Å². The van der Waals surface area contributed by atoms with Crippen LogP contribution < -0.4 is 5.32 Å². The zero-order chi connectivity index (χ0) is 31.8. The number of anilines is 1. The summed E-state index contributed by atoms with van der Waals surface area (Å²) in [5.41, 5.74) is -0.356. The normalized spacial score (nSPS) is 21.9. The van der Waals surface area contributed by atoms with Crippen molar-refractivity contribution in [2.75, 3.05) is 5.32 Å². The van der Waals surface area contributed by atoms with Gasteiger partial charge >= 0.3 is 12.1 Å². The van der Waals surface area contributed by atoms with Gasteiger partial charge in [0, 0.05) is 29.4 Å². The number of nitrogens with one attached hydrogen (secondary N) is 1. The summed E-state index contributed by atoms with van der Waals surface area (Å²) in [6, 6.07) is 7.39. The van der Waals surface area contributed by atoms with Gasteiger partial charge in [0.05, 0.1) is 22.6 Å². The summed E-state index contributed by atoms with van der Waals surface area (Å²) >= 11 is 0. The lowest BCUT2D eigenvalue weighted by atomic mass is 9.61. The molecule has 4 heterocycles. The lowest BCUT2D eigenvalue weighted by molar-refractivity contribution is -0.148. The Morgan fingerprint density at radius 1 is 1.04 bits per heavy atom. The highest BCUT2D eigenvalue weighted by Gasteiger charge is 2.47. The minimum atomic E-state index is -4.72. The number of alkyl halides is 3. The molecule has 0 spiro atoms. The van der Waals surface area contributed by atoms with Crippen molar-refractivity contribution in [2.45, 2.75) is 49.7 Å². The maximum Gasteiger partial charge on any atom is 0.417 e. The third-order valence-electron chi connectivity index (χ3n) is 9.00. The molecular formula is C30H26F4N6O4S. The zero-order valence-electron chi connectivity index (χ0n) is 23.7. The molecule has 0 amide bonds. The first-order chi connectivity index (χ1) is 21.3. The maximum atomic E-state index is 14.5. The summed E-state index contributed by atoms with van der Waals surface area (Å²) in [6.07, 6.45) is 1.11. The van der Waals surface area contributed by atoms with Crippen LogP contribution in [-0.4, -0.2) is 49.1 Å². The number of rotatable bonds is 6. The van der Waals surface area contributed by atoms with Crippen molar-refractivity contribution < 1.29 is 35.9 Å². The maximum absolute atomic E-state index is 14.5. The molecule has 0 radical (unpaired) electrons. The number of pyridine rings is 1. The first-order valence-corrected chi connectivity index (χ1v) is 15.7. The van der Waals surface area contributed by atoms with Crippen LogP contribution >= 0.6 is 0 Å². The van der Waals surface area contributed by atoms with E-state index in [0.29, 0.717) is 0 Å². The number of carboxylic acid groups (broad SMARTS) is 1. The van der Waals surface area contributed by atoms with Crippen LogP contribution in [0.15, 0.2) is 59.9 Å². The van der Waals surface area contributed by atoms with Crippen molar-refractivity contribution in [3.8, 4) is 11.4 Å². The molecule has 45 heavy (non-hydrogen) atoms. The molecule has 8 rings (SSSR count). The molecule has 3 aliphatic carbocycles. The van der Waals surface area contributed by atoms with E-state index in [1.165, 1.54) is 12.1 Å². The lowest BCUT2D eigenvalue weighted by Gasteiger charge is -2.47. The Kier molecular flexibility index (Phi) is 6.65. The quantitative estimate of drug-likeness (QED) is 0.224. The molecule has 3 fully saturated rings. The molecule has 10 nitrogen and oxygen atoms in total. The van der Waals surface area contributed by atoms with Gasteiger partial charge in [0.2, 0.25) is 0 Å². The Morgan fingerprint density at radius 2 is 1.73 bits per heavy atom. The van der Waals surface area contributed by atoms with Crippen LogP contribution in [0, 0.1) is 30.5 Å². The van der Waals surface area contributed by atoms with Gasteiger partial charge in [0.1, 0.15) is 11.3 Å². The molecule has 1 aromatic carbocycles. The number of fused-ring (bicyclic) bond motifs is 5. The van der Waals surface area contributed by atoms with Crippen molar-refractivity contribution in [1.82, 2.24) is 23.6 Å². The standard InChI is InChI=1S/C30H26F4N6O4S/c1-15-2-8-20(9-3-15)45(43,44)40-14-22(21-11-19(31)12-35-28(21)40)26-37-27(23-10-18(30(32,33)34)13-39(23)38-26)36-25-17-6-4-16(5-7-17)24(25)29(41)42/h2-3,8-14,16-17,24-25H,4-7H2,1H3,(H,41,42)(H,36,37,38)/t16?,17?,24-,25-/m0/s1. The fourth-order valence-electron chi connectivity index (χ4n) is 6.78. The molecule has 4 aromatic heterocycles. The first kappa shape index (κ1) is 29.2. The predicted octanol–water partition coefficient (Wildman–Crippen LogP) is 5.75. The van der Waals surface area contributed by atoms with Gasteiger partial charge < -0.3 is 10.4 Å². The van der Waals surface area contributed by atoms with E-state index in [2.05, 4.69) is 20.4 Å². The fourth-order valence-corrected chi connectivity index (χ4v) is 8.11. The Hall–Kier alpha value is -4.53. The van der Waals surface area contributed by atoms with Gasteiger partial charge in [-0.3, -0.25) is 4.79 Å². The molecule has 0 aliphatic heterocycles. The topological polar surface area (TPSA) is 131 Å². The molecule has 2 atom stereocenters. The average molecular weight is 643 g/mol.